The summed E-state index contributed by atoms with van der Waals surface area (Å²) in [5.41, 5.74) is 1.48. The van der Waals surface area contributed by atoms with E-state index in [9.17, 15) is 19.2 Å². The van der Waals surface area contributed by atoms with Crippen LogP contribution in [0, 0.1) is 0 Å². The second kappa shape index (κ2) is 10.3. The summed E-state index contributed by atoms with van der Waals surface area (Å²) < 4.78 is 3.80. The van der Waals surface area contributed by atoms with Gasteiger partial charge in [-0.1, -0.05) is 31.9 Å². The zero-order valence-electron chi connectivity index (χ0n) is 21.9. The van der Waals surface area contributed by atoms with Gasteiger partial charge in [0.1, 0.15) is 6.54 Å². The van der Waals surface area contributed by atoms with Gasteiger partial charge in [-0.2, -0.15) is 0 Å². The number of nitrogens with zero attached hydrogens (tertiary/aromatic N) is 4. The zero-order chi connectivity index (χ0) is 27.0. The van der Waals surface area contributed by atoms with Crippen molar-refractivity contribution in [2.45, 2.75) is 71.5 Å². The molecule has 2 heterocycles. The van der Waals surface area contributed by atoms with E-state index in [1.807, 2.05) is 39.0 Å². The first-order valence-corrected chi connectivity index (χ1v) is 13.1. The van der Waals surface area contributed by atoms with E-state index in [2.05, 4.69) is 15.7 Å². The topological polar surface area (TPSA) is 120 Å². The van der Waals surface area contributed by atoms with Crippen molar-refractivity contribution in [1.82, 2.24) is 24.1 Å². The second-order valence-electron chi connectivity index (χ2n) is 10.1. The molecular formula is C28H32N6O4. The summed E-state index contributed by atoms with van der Waals surface area (Å²) in [6, 6.07) is 12.1. The first-order chi connectivity index (χ1) is 18.3. The van der Waals surface area contributed by atoms with Gasteiger partial charge in [-0.15, -0.1) is 5.10 Å². The minimum absolute atomic E-state index is 0.122. The van der Waals surface area contributed by atoms with E-state index in [0.717, 1.165) is 42.3 Å². The molecule has 0 unspecified atom stereocenters. The number of carbonyl (C=O) groups is 2. The maximum Gasteiger partial charge on any atom is 0.352 e. The number of nitrogens with one attached hydrogen (secondary N) is 2. The summed E-state index contributed by atoms with van der Waals surface area (Å²) in [4.78, 5) is 52.7. The average molecular weight is 517 g/mol. The number of amides is 2. The number of fused-ring (bicyclic) bond motifs is 3. The minimum Gasteiger partial charge on any atom is -0.349 e. The normalized spacial score (nSPS) is 14.0. The number of hydrogen-bond acceptors (Lipinski definition) is 5. The second-order valence-corrected chi connectivity index (χ2v) is 10.1. The van der Waals surface area contributed by atoms with Gasteiger partial charge in [-0.05, 0) is 69.0 Å². The van der Waals surface area contributed by atoms with Crippen molar-refractivity contribution in [3.63, 3.8) is 0 Å². The van der Waals surface area contributed by atoms with Crippen LogP contribution in [0.1, 0.15) is 68.4 Å². The molecule has 198 valence electrons. The van der Waals surface area contributed by atoms with Crippen molar-refractivity contribution in [2.24, 2.45) is 0 Å². The number of anilines is 1. The Morgan fingerprint density at radius 2 is 1.84 bits per heavy atom. The van der Waals surface area contributed by atoms with Crippen LogP contribution < -0.4 is 21.9 Å². The number of aromatic nitrogens is 4. The third-order valence-electron chi connectivity index (χ3n) is 7.11. The lowest BCUT2D eigenvalue weighted by Crippen LogP contribution is -2.33. The van der Waals surface area contributed by atoms with Crippen molar-refractivity contribution in [3.05, 3.63) is 74.4 Å². The van der Waals surface area contributed by atoms with E-state index in [4.69, 9.17) is 0 Å². The molecule has 0 atom stereocenters. The molecule has 10 nitrogen and oxygen atoms in total. The molecule has 38 heavy (non-hydrogen) atoms. The summed E-state index contributed by atoms with van der Waals surface area (Å²) in [5, 5.41) is 10.5. The third-order valence-corrected chi connectivity index (χ3v) is 7.11. The molecule has 1 fully saturated rings. The molecule has 0 radical (unpaired) electrons. The van der Waals surface area contributed by atoms with E-state index in [-0.39, 0.29) is 41.4 Å². The number of rotatable bonds is 7. The van der Waals surface area contributed by atoms with E-state index >= 15 is 0 Å². The summed E-state index contributed by atoms with van der Waals surface area (Å²) in [6.45, 7) is 5.35. The predicted octanol–water partition coefficient (Wildman–Crippen LogP) is 3.27. The highest BCUT2D eigenvalue weighted by Gasteiger charge is 2.22. The first-order valence-electron chi connectivity index (χ1n) is 13.1. The number of carbonyl (C=O) groups excluding carboxylic acids is 2. The first kappa shape index (κ1) is 25.4. The van der Waals surface area contributed by atoms with Crippen molar-refractivity contribution in [3.8, 4) is 0 Å². The molecule has 2 aromatic carbocycles. The van der Waals surface area contributed by atoms with Crippen LogP contribution in [-0.4, -0.2) is 36.6 Å². The number of aryl methyl sites for hydroxylation is 1. The molecule has 5 rings (SSSR count). The Labute approximate surface area is 219 Å². The van der Waals surface area contributed by atoms with Crippen molar-refractivity contribution >= 4 is 34.2 Å². The highest BCUT2D eigenvalue weighted by molar-refractivity contribution is 5.98. The van der Waals surface area contributed by atoms with E-state index in [0.29, 0.717) is 16.6 Å². The third kappa shape index (κ3) is 4.73. The molecule has 4 aromatic rings. The maximum atomic E-state index is 13.5. The molecular weight excluding hydrogens is 484 g/mol. The highest BCUT2D eigenvalue weighted by Crippen LogP contribution is 2.20. The van der Waals surface area contributed by atoms with Crippen LogP contribution in [0.25, 0.3) is 16.7 Å². The fraction of sp³-hybridized carbons (Fsp3) is 0.393. The fourth-order valence-corrected chi connectivity index (χ4v) is 5.14. The van der Waals surface area contributed by atoms with Crippen LogP contribution in [0.3, 0.4) is 0 Å². The van der Waals surface area contributed by atoms with Gasteiger partial charge in [0.25, 0.3) is 11.5 Å². The Kier molecular flexibility index (Phi) is 6.88. The zero-order valence-corrected chi connectivity index (χ0v) is 21.9. The largest absolute Gasteiger partial charge is 0.352 e. The van der Waals surface area contributed by atoms with Crippen LogP contribution in [0.15, 0.2) is 52.1 Å². The molecule has 0 spiro atoms. The van der Waals surface area contributed by atoms with Gasteiger partial charge in [-0.25, -0.2) is 13.9 Å². The number of hydrogen-bond donors (Lipinski definition) is 2. The lowest BCUT2D eigenvalue weighted by molar-refractivity contribution is -0.117. The fourth-order valence-electron chi connectivity index (χ4n) is 5.14. The van der Waals surface area contributed by atoms with Crippen LogP contribution >= 0.6 is 0 Å². The molecule has 1 aliphatic rings. The Bertz CT molecular complexity index is 1660. The van der Waals surface area contributed by atoms with Crippen molar-refractivity contribution in [1.29, 1.82) is 0 Å². The predicted molar refractivity (Wildman–Crippen MR) is 146 cm³/mol. The standard InChI is InChI=1S/C28H32N6O4/c1-4-18-8-7-11-21(14-18)29-24(35)16-32-28(38)34-23-15-19(25(36)30-20-9-5-6-10-20)12-13-22(23)26(37)33(17(2)3)27(34)31-32/h7-8,11-15,17,20H,4-6,9-10,16H2,1-3H3,(H,29,35)(H,30,36). The average Bonchev–Trinajstić information content (AvgIpc) is 3.51. The lowest BCUT2D eigenvalue weighted by Gasteiger charge is -2.14. The highest BCUT2D eigenvalue weighted by atomic mass is 16.2. The van der Waals surface area contributed by atoms with Crippen LogP contribution in [0.2, 0.25) is 0 Å². The van der Waals surface area contributed by atoms with Gasteiger partial charge >= 0.3 is 5.69 Å². The van der Waals surface area contributed by atoms with Gasteiger partial charge in [0.05, 0.1) is 10.9 Å². The molecule has 2 N–H and O–H groups in total. The van der Waals surface area contributed by atoms with E-state index in [1.54, 1.807) is 24.3 Å². The van der Waals surface area contributed by atoms with Gasteiger partial charge in [0.15, 0.2) is 0 Å². The van der Waals surface area contributed by atoms with Gasteiger partial charge in [0.2, 0.25) is 11.7 Å². The lowest BCUT2D eigenvalue weighted by atomic mass is 10.1. The Balaban J connectivity index is 1.56. The van der Waals surface area contributed by atoms with Crippen LogP contribution in [-0.2, 0) is 17.8 Å². The molecule has 1 saturated carbocycles. The summed E-state index contributed by atoms with van der Waals surface area (Å²) in [5.74, 6) is -0.533. The summed E-state index contributed by atoms with van der Waals surface area (Å²) in [6.07, 6.45) is 4.89. The maximum absolute atomic E-state index is 13.5. The van der Waals surface area contributed by atoms with Gasteiger partial charge in [-0.3, -0.25) is 19.0 Å². The van der Waals surface area contributed by atoms with Crippen molar-refractivity contribution < 1.29 is 9.59 Å². The molecule has 0 saturated heterocycles. The Morgan fingerprint density at radius 3 is 2.55 bits per heavy atom. The van der Waals surface area contributed by atoms with E-state index < -0.39 is 11.6 Å². The molecule has 0 bridgehead atoms. The minimum atomic E-state index is -0.565. The monoisotopic (exact) mass is 516 g/mol. The summed E-state index contributed by atoms with van der Waals surface area (Å²) in [7, 11) is 0. The molecule has 2 aromatic heterocycles. The van der Waals surface area contributed by atoms with Gasteiger partial charge < -0.3 is 10.6 Å². The van der Waals surface area contributed by atoms with Crippen molar-refractivity contribution in [2.75, 3.05) is 5.32 Å². The molecule has 2 amide bonds. The SMILES string of the molecule is CCc1cccc(NC(=O)Cn2nc3n(C(C)C)c(=O)c4ccc(C(=O)NC5CCCC5)cc4n3c2=O)c1. The quantitative estimate of drug-likeness (QED) is 0.391. The molecule has 10 heteroatoms. The Morgan fingerprint density at radius 1 is 1.08 bits per heavy atom. The van der Waals surface area contributed by atoms with E-state index in [1.165, 1.54) is 8.97 Å². The van der Waals surface area contributed by atoms with Gasteiger partial charge in [0, 0.05) is 23.3 Å². The Hall–Kier alpha value is -4.21. The smallest absolute Gasteiger partial charge is 0.349 e. The molecule has 0 aliphatic heterocycles. The van der Waals surface area contributed by atoms with Crippen LogP contribution in [0.5, 0.6) is 0 Å². The van der Waals surface area contributed by atoms with Crippen LogP contribution in [0.4, 0.5) is 5.69 Å². The number of benzene rings is 2. The summed E-state index contributed by atoms with van der Waals surface area (Å²) >= 11 is 0. The molecule has 1 aliphatic carbocycles.